The van der Waals surface area contributed by atoms with E-state index in [1.807, 2.05) is 12.1 Å². The van der Waals surface area contributed by atoms with E-state index in [0.29, 0.717) is 5.56 Å². The van der Waals surface area contributed by atoms with Gasteiger partial charge in [0.05, 0.1) is 0 Å². The smallest absolute Gasteiger partial charge is 0.127 e. The maximum Gasteiger partial charge on any atom is 0.127 e. The molecule has 3 heteroatoms. The van der Waals surface area contributed by atoms with Crippen LogP contribution < -0.4 is 5.73 Å². The van der Waals surface area contributed by atoms with Gasteiger partial charge in [0.2, 0.25) is 0 Å². The molecule has 0 spiro atoms. The second-order valence-electron chi connectivity index (χ2n) is 6.35. The Morgan fingerprint density at radius 1 is 1.20 bits per heavy atom. The van der Waals surface area contributed by atoms with Gasteiger partial charge in [-0.15, -0.1) is 0 Å². The normalized spacial score (nSPS) is 28.3. The van der Waals surface area contributed by atoms with Crippen molar-refractivity contribution in [3.63, 3.8) is 0 Å². The van der Waals surface area contributed by atoms with Crippen LogP contribution in [0, 0.1) is 11.7 Å². The van der Waals surface area contributed by atoms with Crippen molar-refractivity contribution in [1.29, 1.82) is 0 Å². The number of piperidine rings is 1. The second-order valence-corrected chi connectivity index (χ2v) is 6.35. The zero-order chi connectivity index (χ0) is 13.9. The standard InChI is InChI=1S/C17H25FN2/c18-15-8-2-1-7-14(15)16(19)10-12-20-11-4-6-13-5-3-9-17(13)20/h1-2,7-8,13,16-17H,3-6,9-12,19H2. The fraction of sp³-hybridized carbons (Fsp3) is 0.647. The molecule has 3 atom stereocenters. The first-order chi connectivity index (χ1) is 9.75. The van der Waals surface area contributed by atoms with Crippen LogP contribution in [0.2, 0.25) is 0 Å². The molecule has 3 rings (SSSR count). The molecule has 2 fully saturated rings. The predicted octanol–water partition coefficient (Wildman–Crippen LogP) is 3.48. The summed E-state index contributed by atoms with van der Waals surface area (Å²) in [5.41, 5.74) is 6.84. The van der Waals surface area contributed by atoms with Gasteiger partial charge in [-0.3, -0.25) is 0 Å². The molecule has 1 saturated heterocycles. The molecule has 0 aromatic heterocycles. The Labute approximate surface area is 121 Å². The molecule has 1 heterocycles. The fourth-order valence-corrected chi connectivity index (χ4v) is 4.07. The minimum absolute atomic E-state index is 0.169. The predicted molar refractivity (Wildman–Crippen MR) is 79.9 cm³/mol. The molecule has 110 valence electrons. The number of hydrogen-bond acceptors (Lipinski definition) is 2. The third-order valence-corrected chi connectivity index (χ3v) is 5.14. The quantitative estimate of drug-likeness (QED) is 0.912. The van der Waals surface area contributed by atoms with Gasteiger partial charge in [-0.25, -0.2) is 4.39 Å². The summed E-state index contributed by atoms with van der Waals surface area (Å²) in [6.07, 6.45) is 7.70. The van der Waals surface area contributed by atoms with Crippen molar-refractivity contribution in [2.24, 2.45) is 11.7 Å². The summed E-state index contributed by atoms with van der Waals surface area (Å²) in [6.45, 7) is 2.21. The van der Waals surface area contributed by atoms with Gasteiger partial charge < -0.3 is 10.6 Å². The van der Waals surface area contributed by atoms with E-state index in [9.17, 15) is 4.39 Å². The highest BCUT2D eigenvalue weighted by Crippen LogP contribution is 2.37. The van der Waals surface area contributed by atoms with Crippen molar-refractivity contribution in [3.8, 4) is 0 Å². The molecule has 0 radical (unpaired) electrons. The van der Waals surface area contributed by atoms with E-state index in [-0.39, 0.29) is 11.9 Å². The molecule has 1 aliphatic heterocycles. The van der Waals surface area contributed by atoms with Crippen molar-refractivity contribution in [2.75, 3.05) is 13.1 Å². The number of benzene rings is 1. The average Bonchev–Trinajstić information content (AvgIpc) is 2.94. The number of rotatable bonds is 4. The van der Waals surface area contributed by atoms with E-state index in [1.165, 1.54) is 44.7 Å². The summed E-state index contributed by atoms with van der Waals surface area (Å²) in [7, 11) is 0. The molecule has 1 aliphatic carbocycles. The molecule has 20 heavy (non-hydrogen) atoms. The van der Waals surface area contributed by atoms with E-state index in [4.69, 9.17) is 5.73 Å². The molecule has 1 aromatic rings. The van der Waals surface area contributed by atoms with Crippen LogP contribution in [0.5, 0.6) is 0 Å². The van der Waals surface area contributed by atoms with Crippen LogP contribution in [-0.4, -0.2) is 24.0 Å². The van der Waals surface area contributed by atoms with E-state index >= 15 is 0 Å². The highest BCUT2D eigenvalue weighted by molar-refractivity contribution is 5.20. The molecule has 2 aliphatic rings. The molecular weight excluding hydrogens is 251 g/mol. The summed E-state index contributed by atoms with van der Waals surface area (Å²) in [5, 5.41) is 0. The topological polar surface area (TPSA) is 29.3 Å². The molecular formula is C17H25FN2. The number of nitrogens with zero attached hydrogens (tertiary/aromatic N) is 1. The van der Waals surface area contributed by atoms with Gasteiger partial charge in [-0.2, -0.15) is 0 Å². The van der Waals surface area contributed by atoms with Gasteiger partial charge in [0.15, 0.2) is 0 Å². The van der Waals surface area contributed by atoms with Crippen molar-refractivity contribution in [3.05, 3.63) is 35.6 Å². The summed E-state index contributed by atoms with van der Waals surface area (Å²) in [6, 6.07) is 7.50. The van der Waals surface area contributed by atoms with Gasteiger partial charge in [0.25, 0.3) is 0 Å². The van der Waals surface area contributed by atoms with Crippen LogP contribution >= 0.6 is 0 Å². The number of nitrogens with two attached hydrogens (primary N) is 1. The molecule has 3 unspecified atom stereocenters. The lowest BCUT2D eigenvalue weighted by Crippen LogP contribution is -2.43. The van der Waals surface area contributed by atoms with Crippen LogP contribution in [0.1, 0.15) is 50.1 Å². The summed E-state index contributed by atoms with van der Waals surface area (Å²) >= 11 is 0. The highest BCUT2D eigenvalue weighted by Gasteiger charge is 2.34. The maximum absolute atomic E-state index is 13.7. The Kier molecular flexibility index (Phi) is 4.37. The highest BCUT2D eigenvalue weighted by atomic mass is 19.1. The van der Waals surface area contributed by atoms with Crippen LogP contribution in [0.15, 0.2) is 24.3 Å². The number of likely N-dealkylation sites (tertiary alicyclic amines) is 1. The first-order valence-electron chi connectivity index (χ1n) is 8.00. The van der Waals surface area contributed by atoms with Crippen LogP contribution in [0.25, 0.3) is 0 Å². The monoisotopic (exact) mass is 276 g/mol. The third kappa shape index (κ3) is 2.89. The van der Waals surface area contributed by atoms with Crippen molar-refractivity contribution >= 4 is 0 Å². The van der Waals surface area contributed by atoms with Gasteiger partial charge in [-0.1, -0.05) is 24.6 Å². The largest absolute Gasteiger partial charge is 0.324 e. The van der Waals surface area contributed by atoms with Gasteiger partial charge >= 0.3 is 0 Å². The zero-order valence-electron chi connectivity index (χ0n) is 12.1. The number of fused-ring (bicyclic) bond motifs is 1. The Morgan fingerprint density at radius 2 is 2.00 bits per heavy atom. The van der Waals surface area contributed by atoms with E-state index in [1.54, 1.807) is 6.07 Å². The Bertz CT molecular complexity index is 448. The number of hydrogen-bond donors (Lipinski definition) is 1. The van der Waals surface area contributed by atoms with Crippen molar-refractivity contribution in [2.45, 2.75) is 50.6 Å². The van der Waals surface area contributed by atoms with Gasteiger partial charge in [0, 0.05) is 24.2 Å². The average molecular weight is 276 g/mol. The van der Waals surface area contributed by atoms with Crippen molar-refractivity contribution < 1.29 is 4.39 Å². The van der Waals surface area contributed by atoms with Crippen LogP contribution in [0.4, 0.5) is 4.39 Å². The lowest BCUT2D eigenvalue weighted by atomic mass is 9.91. The van der Waals surface area contributed by atoms with E-state index < -0.39 is 0 Å². The zero-order valence-corrected chi connectivity index (χ0v) is 12.1. The van der Waals surface area contributed by atoms with Crippen LogP contribution in [-0.2, 0) is 0 Å². The van der Waals surface area contributed by atoms with E-state index in [0.717, 1.165) is 24.9 Å². The molecule has 1 aromatic carbocycles. The van der Waals surface area contributed by atoms with Crippen LogP contribution in [0.3, 0.4) is 0 Å². The Balaban J connectivity index is 1.57. The van der Waals surface area contributed by atoms with E-state index in [2.05, 4.69) is 4.90 Å². The SMILES string of the molecule is NC(CCN1CCCC2CCCC21)c1ccccc1F. The lowest BCUT2D eigenvalue weighted by Gasteiger charge is -2.38. The third-order valence-electron chi connectivity index (χ3n) is 5.14. The lowest BCUT2D eigenvalue weighted by molar-refractivity contribution is 0.109. The van der Waals surface area contributed by atoms with Gasteiger partial charge in [0.1, 0.15) is 5.82 Å². The summed E-state index contributed by atoms with van der Waals surface area (Å²) in [4.78, 5) is 2.61. The molecule has 0 bridgehead atoms. The Hall–Kier alpha value is -0.930. The molecule has 1 saturated carbocycles. The van der Waals surface area contributed by atoms with Gasteiger partial charge in [-0.05, 0) is 50.6 Å². The molecule has 2 N–H and O–H groups in total. The summed E-state index contributed by atoms with van der Waals surface area (Å²) in [5.74, 6) is 0.742. The maximum atomic E-state index is 13.7. The minimum Gasteiger partial charge on any atom is -0.324 e. The first-order valence-corrected chi connectivity index (χ1v) is 8.00. The Morgan fingerprint density at radius 3 is 2.85 bits per heavy atom. The second kappa shape index (κ2) is 6.23. The first kappa shape index (κ1) is 14.0. The molecule has 0 amide bonds. The molecule has 2 nitrogen and oxygen atoms in total. The number of halogens is 1. The summed E-state index contributed by atoms with van der Waals surface area (Å²) < 4.78 is 13.7. The van der Waals surface area contributed by atoms with Crippen molar-refractivity contribution in [1.82, 2.24) is 4.90 Å². The fourth-order valence-electron chi connectivity index (χ4n) is 4.07. The minimum atomic E-state index is -0.182.